The van der Waals surface area contributed by atoms with E-state index in [0.717, 1.165) is 38.0 Å². The van der Waals surface area contributed by atoms with Crippen LogP contribution in [0.1, 0.15) is 41.3 Å². The molecule has 0 aliphatic heterocycles. The van der Waals surface area contributed by atoms with Gasteiger partial charge >= 0.3 is 0 Å². The lowest BCUT2D eigenvalue weighted by Crippen LogP contribution is -2.14. The number of anilines is 1. The quantitative estimate of drug-likeness (QED) is 0.327. The van der Waals surface area contributed by atoms with Crippen molar-refractivity contribution in [2.45, 2.75) is 33.1 Å². The predicted molar refractivity (Wildman–Crippen MR) is 129 cm³/mol. The average Bonchev–Trinajstić information content (AvgIpc) is 3.15. The summed E-state index contributed by atoms with van der Waals surface area (Å²) in [6.07, 6.45) is 3.47. The van der Waals surface area contributed by atoms with Crippen molar-refractivity contribution in [3.63, 3.8) is 0 Å². The van der Waals surface area contributed by atoms with Crippen LogP contribution in [0.4, 0.5) is 5.69 Å². The Bertz CT molecular complexity index is 1200. The maximum atomic E-state index is 12.7. The molecular weight excluding hydrogens is 487 g/mol. The summed E-state index contributed by atoms with van der Waals surface area (Å²) in [4.78, 5) is 14.4. The third-order valence-electron chi connectivity index (χ3n) is 5.08. The van der Waals surface area contributed by atoms with Crippen LogP contribution in [0.15, 0.2) is 60.7 Å². The van der Waals surface area contributed by atoms with Crippen molar-refractivity contribution in [3.8, 4) is 5.69 Å². The van der Waals surface area contributed by atoms with Crippen LogP contribution >= 0.6 is 22.6 Å². The Morgan fingerprint density at radius 1 is 1.03 bits per heavy atom. The number of benzene rings is 3. The Morgan fingerprint density at radius 2 is 1.73 bits per heavy atom. The zero-order valence-corrected chi connectivity index (χ0v) is 19.2. The number of nitrogens with zero attached hydrogens (tertiary/aromatic N) is 3. The summed E-state index contributed by atoms with van der Waals surface area (Å²) in [5, 5.41) is 12.3. The van der Waals surface area contributed by atoms with Crippen molar-refractivity contribution in [2.75, 3.05) is 5.32 Å². The van der Waals surface area contributed by atoms with Crippen LogP contribution in [-0.2, 0) is 6.42 Å². The molecule has 1 amide bonds. The Morgan fingerprint density at radius 3 is 2.43 bits per heavy atom. The summed E-state index contributed by atoms with van der Waals surface area (Å²) in [5.41, 5.74) is 6.15. The second-order valence-electron chi connectivity index (χ2n) is 7.35. The van der Waals surface area contributed by atoms with Gasteiger partial charge in [0.15, 0.2) is 0 Å². The van der Waals surface area contributed by atoms with E-state index in [9.17, 15) is 4.79 Å². The Labute approximate surface area is 189 Å². The SMILES string of the molecule is CCCCc1ccc(-n2nc3cc(C)c(NC(=O)c4ccccc4I)cc3n2)cc1. The lowest BCUT2D eigenvalue weighted by molar-refractivity contribution is 0.102. The van der Waals surface area contributed by atoms with Gasteiger partial charge in [-0.1, -0.05) is 37.6 Å². The Balaban J connectivity index is 1.60. The van der Waals surface area contributed by atoms with E-state index in [1.54, 1.807) is 4.80 Å². The van der Waals surface area contributed by atoms with Gasteiger partial charge in [0.1, 0.15) is 11.0 Å². The maximum absolute atomic E-state index is 12.7. The highest BCUT2D eigenvalue weighted by molar-refractivity contribution is 14.1. The number of unbranched alkanes of at least 4 members (excludes halogenated alkanes) is 1. The molecule has 5 nitrogen and oxygen atoms in total. The standard InChI is InChI=1S/C24H23IN4O/c1-3-4-7-17-10-12-18(13-11-17)29-27-22-14-16(2)21(15-23(22)28-29)26-24(30)19-8-5-6-9-20(19)25/h5-6,8-15H,3-4,7H2,1-2H3,(H,26,30). The largest absolute Gasteiger partial charge is 0.322 e. The highest BCUT2D eigenvalue weighted by Crippen LogP contribution is 2.23. The second-order valence-corrected chi connectivity index (χ2v) is 8.51. The van der Waals surface area contributed by atoms with Gasteiger partial charge in [-0.2, -0.15) is 4.80 Å². The molecule has 0 aliphatic rings. The van der Waals surface area contributed by atoms with E-state index >= 15 is 0 Å². The third-order valence-corrected chi connectivity index (χ3v) is 6.02. The number of aryl methyl sites for hydroxylation is 2. The van der Waals surface area contributed by atoms with Crippen molar-refractivity contribution in [3.05, 3.63) is 80.9 Å². The van der Waals surface area contributed by atoms with Gasteiger partial charge in [-0.05, 0) is 89.9 Å². The van der Waals surface area contributed by atoms with E-state index < -0.39 is 0 Å². The second kappa shape index (κ2) is 8.95. The number of aromatic nitrogens is 3. The van der Waals surface area contributed by atoms with Gasteiger partial charge in [0, 0.05) is 9.26 Å². The molecule has 0 aliphatic carbocycles. The summed E-state index contributed by atoms with van der Waals surface area (Å²) < 4.78 is 0.916. The molecule has 0 radical (unpaired) electrons. The fraction of sp³-hybridized carbons (Fsp3) is 0.208. The molecule has 0 unspecified atom stereocenters. The first-order chi connectivity index (χ1) is 14.5. The van der Waals surface area contributed by atoms with Crippen LogP contribution < -0.4 is 5.32 Å². The van der Waals surface area contributed by atoms with Gasteiger partial charge in [-0.15, -0.1) is 10.2 Å². The molecule has 30 heavy (non-hydrogen) atoms. The van der Waals surface area contributed by atoms with Gasteiger partial charge in [-0.25, -0.2) is 0 Å². The molecule has 0 fully saturated rings. The lowest BCUT2D eigenvalue weighted by atomic mass is 10.1. The minimum Gasteiger partial charge on any atom is -0.322 e. The predicted octanol–water partition coefficient (Wildman–Crippen LogP) is 5.93. The molecule has 1 aromatic heterocycles. The highest BCUT2D eigenvalue weighted by Gasteiger charge is 2.13. The molecule has 4 rings (SSSR count). The molecule has 0 saturated heterocycles. The normalized spacial score (nSPS) is 11.0. The molecule has 0 spiro atoms. The van der Waals surface area contributed by atoms with E-state index in [4.69, 9.17) is 0 Å². The number of amides is 1. The van der Waals surface area contributed by atoms with E-state index in [2.05, 4.69) is 69.3 Å². The number of fused-ring (bicyclic) bond motifs is 1. The number of carbonyl (C=O) groups is 1. The first-order valence-electron chi connectivity index (χ1n) is 10.1. The number of hydrogen-bond acceptors (Lipinski definition) is 3. The molecule has 152 valence electrons. The van der Waals surface area contributed by atoms with E-state index in [-0.39, 0.29) is 5.91 Å². The number of carbonyl (C=O) groups excluding carboxylic acids is 1. The molecule has 1 heterocycles. The van der Waals surface area contributed by atoms with Crippen molar-refractivity contribution >= 4 is 45.2 Å². The van der Waals surface area contributed by atoms with Crippen LogP contribution in [0.3, 0.4) is 0 Å². The lowest BCUT2D eigenvalue weighted by Gasteiger charge is -2.09. The van der Waals surface area contributed by atoms with Crippen LogP contribution in [0, 0.1) is 10.5 Å². The molecule has 0 atom stereocenters. The van der Waals surface area contributed by atoms with Gasteiger partial charge in [0.05, 0.1) is 11.3 Å². The van der Waals surface area contributed by atoms with Gasteiger partial charge in [0.25, 0.3) is 5.91 Å². The summed E-state index contributed by atoms with van der Waals surface area (Å²) in [6, 6.07) is 19.8. The smallest absolute Gasteiger partial charge is 0.256 e. The Kier molecular flexibility index (Phi) is 6.13. The number of nitrogens with one attached hydrogen (secondary N) is 1. The zero-order valence-electron chi connectivity index (χ0n) is 17.0. The van der Waals surface area contributed by atoms with Crippen LogP contribution in [0.25, 0.3) is 16.7 Å². The van der Waals surface area contributed by atoms with Gasteiger partial charge < -0.3 is 5.32 Å². The maximum Gasteiger partial charge on any atom is 0.256 e. The molecular formula is C24H23IN4O. The van der Waals surface area contributed by atoms with Crippen molar-refractivity contribution in [2.24, 2.45) is 0 Å². The van der Waals surface area contributed by atoms with Crippen LogP contribution in [-0.4, -0.2) is 20.9 Å². The van der Waals surface area contributed by atoms with Crippen molar-refractivity contribution in [1.29, 1.82) is 0 Å². The van der Waals surface area contributed by atoms with Crippen LogP contribution in [0.2, 0.25) is 0 Å². The van der Waals surface area contributed by atoms with Crippen molar-refractivity contribution in [1.82, 2.24) is 15.0 Å². The molecule has 0 saturated carbocycles. The average molecular weight is 510 g/mol. The molecule has 1 N–H and O–H groups in total. The number of hydrogen-bond donors (Lipinski definition) is 1. The fourth-order valence-electron chi connectivity index (χ4n) is 3.33. The topological polar surface area (TPSA) is 59.8 Å². The number of rotatable bonds is 6. The van der Waals surface area contributed by atoms with Gasteiger partial charge in [-0.3, -0.25) is 4.79 Å². The molecule has 0 bridgehead atoms. The van der Waals surface area contributed by atoms with Crippen LogP contribution in [0.5, 0.6) is 0 Å². The number of halogens is 1. The van der Waals surface area contributed by atoms with E-state index in [0.29, 0.717) is 5.56 Å². The fourth-order valence-corrected chi connectivity index (χ4v) is 3.96. The summed E-state index contributed by atoms with van der Waals surface area (Å²) in [6.45, 7) is 4.17. The minimum absolute atomic E-state index is 0.127. The first kappa shape index (κ1) is 20.5. The first-order valence-corrected chi connectivity index (χ1v) is 11.2. The minimum atomic E-state index is -0.127. The molecule has 3 aromatic carbocycles. The summed E-state index contributed by atoms with van der Waals surface area (Å²) >= 11 is 2.17. The molecule has 4 aromatic rings. The highest BCUT2D eigenvalue weighted by atomic mass is 127. The summed E-state index contributed by atoms with van der Waals surface area (Å²) in [5.74, 6) is -0.127. The summed E-state index contributed by atoms with van der Waals surface area (Å²) in [7, 11) is 0. The third kappa shape index (κ3) is 4.38. The molecule has 6 heteroatoms. The van der Waals surface area contributed by atoms with E-state index in [1.165, 1.54) is 18.4 Å². The monoisotopic (exact) mass is 510 g/mol. The zero-order chi connectivity index (χ0) is 21.1. The Hall–Kier alpha value is -2.74. The van der Waals surface area contributed by atoms with E-state index in [1.807, 2.05) is 43.3 Å². The van der Waals surface area contributed by atoms with Gasteiger partial charge in [0.2, 0.25) is 0 Å². The van der Waals surface area contributed by atoms with Crippen molar-refractivity contribution < 1.29 is 4.79 Å².